The predicted molar refractivity (Wildman–Crippen MR) is 73.5 cm³/mol. The van der Waals surface area contributed by atoms with E-state index in [9.17, 15) is 4.79 Å². The quantitative estimate of drug-likeness (QED) is 0.885. The number of aliphatic carboxylic acids is 1. The maximum Gasteiger partial charge on any atom is 0.320 e. The van der Waals surface area contributed by atoms with Crippen molar-refractivity contribution in [2.45, 2.75) is 51.1 Å². The molecule has 1 saturated heterocycles. The van der Waals surface area contributed by atoms with Crippen LogP contribution in [0.5, 0.6) is 0 Å². The highest BCUT2D eigenvalue weighted by Gasteiger charge is 2.27. The number of carboxylic acid groups (broad SMARTS) is 1. The first kappa shape index (κ1) is 14.3. The number of carbonyl (C=O) groups is 1. The van der Waals surface area contributed by atoms with Gasteiger partial charge in [0.25, 0.3) is 0 Å². The van der Waals surface area contributed by atoms with E-state index in [4.69, 9.17) is 16.7 Å². The zero-order valence-corrected chi connectivity index (χ0v) is 12.1. The first-order valence-corrected chi connectivity index (χ1v) is 7.09. The highest BCUT2D eigenvalue weighted by Crippen LogP contribution is 2.24. The zero-order valence-electron chi connectivity index (χ0n) is 11.3. The van der Waals surface area contributed by atoms with E-state index in [0.717, 1.165) is 42.1 Å². The van der Waals surface area contributed by atoms with E-state index in [1.165, 1.54) is 0 Å². The van der Waals surface area contributed by atoms with Crippen molar-refractivity contribution in [1.82, 2.24) is 15.1 Å². The second kappa shape index (κ2) is 5.92. The highest BCUT2D eigenvalue weighted by molar-refractivity contribution is 6.31. The number of hydrogen-bond acceptors (Lipinski definition) is 3. The van der Waals surface area contributed by atoms with Gasteiger partial charge >= 0.3 is 5.97 Å². The molecule has 2 atom stereocenters. The maximum absolute atomic E-state index is 11.0. The van der Waals surface area contributed by atoms with Crippen LogP contribution in [0.1, 0.15) is 37.6 Å². The van der Waals surface area contributed by atoms with Crippen molar-refractivity contribution in [2.24, 2.45) is 7.05 Å². The molecule has 1 aliphatic heterocycles. The average molecular weight is 286 g/mol. The molecule has 106 valence electrons. The summed E-state index contributed by atoms with van der Waals surface area (Å²) in [6.07, 6.45) is 4.15. The van der Waals surface area contributed by atoms with Crippen molar-refractivity contribution in [3.63, 3.8) is 0 Å². The van der Waals surface area contributed by atoms with Crippen molar-refractivity contribution in [2.75, 3.05) is 0 Å². The Kier molecular flexibility index (Phi) is 4.47. The van der Waals surface area contributed by atoms with Gasteiger partial charge in [-0.15, -0.1) is 0 Å². The van der Waals surface area contributed by atoms with E-state index in [1.807, 2.05) is 18.7 Å². The molecule has 2 unspecified atom stereocenters. The van der Waals surface area contributed by atoms with E-state index in [1.54, 1.807) is 0 Å². The summed E-state index contributed by atoms with van der Waals surface area (Å²) >= 11 is 6.32. The maximum atomic E-state index is 11.0. The number of nitrogens with zero attached hydrogens (tertiary/aromatic N) is 2. The van der Waals surface area contributed by atoms with Crippen LogP contribution in [-0.4, -0.2) is 32.9 Å². The van der Waals surface area contributed by atoms with Crippen LogP contribution in [-0.2, 0) is 24.7 Å². The van der Waals surface area contributed by atoms with Crippen LogP contribution in [0.3, 0.4) is 0 Å². The van der Waals surface area contributed by atoms with Gasteiger partial charge in [-0.25, -0.2) is 0 Å². The summed E-state index contributed by atoms with van der Waals surface area (Å²) in [5.74, 6) is -0.768. The Labute approximate surface area is 117 Å². The van der Waals surface area contributed by atoms with Gasteiger partial charge in [-0.05, 0) is 25.7 Å². The Hall–Kier alpha value is -1.07. The lowest BCUT2D eigenvalue weighted by molar-refractivity contribution is -0.140. The van der Waals surface area contributed by atoms with Gasteiger partial charge in [0.05, 0.1) is 16.4 Å². The molecule has 2 N–H and O–H groups in total. The van der Waals surface area contributed by atoms with Gasteiger partial charge in [0.2, 0.25) is 0 Å². The summed E-state index contributed by atoms with van der Waals surface area (Å²) in [5.41, 5.74) is 1.90. The lowest BCUT2D eigenvalue weighted by Gasteiger charge is -2.28. The Balaban J connectivity index is 2.08. The molecule has 2 heterocycles. The summed E-state index contributed by atoms with van der Waals surface area (Å²) in [6, 6.07) is -0.274. The molecule has 1 aromatic heterocycles. The van der Waals surface area contributed by atoms with Crippen LogP contribution in [0.2, 0.25) is 5.02 Å². The number of hydrogen-bond donors (Lipinski definition) is 2. The molecule has 1 aromatic rings. The van der Waals surface area contributed by atoms with Crippen molar-refractivity contribution in [3.05, 3.63) is 16.4 Å². The third-order valence-electron chi connectivity index (χ3n) is 3.72. The van der Waals surface area contributed by atoms with E-state index < -0.39 is 12.0 Å². The molecule has 1 fully saturated rings. The highest BCUT2D eigenvalue weighted by atomic mass is 35.5. The zero-order chi connectivity index (χ0) is 14.0. The Morgan fingerprint density at radius 2 is 2.32 bits per heavy atom. The number of aryl methyl sites for hydroxylation is 2. The van der Waals surface area contributed by atoms with E-state index in [2.05, 4.69) is 10.4 Å². The number of nitrogens with one attached hydrogen (secondary N) is 1. The molecule has 0 aliphatic carbocycles. The summed E-state index contributed by atoms with van der Waals surface area (Å²) in [5, 5.41) is 17.4. The fraction of sp³-hybridized carbons (Fsp3) is 0.692. The van der Waals surface area contributed by atoms with E-state index in [-0.39, 0.29) is 6.04 Å². The average Bonchev–Trinajstić information content (AvgIpc) is 2.66. The van der Waals surface area contributed by atoms with Crippen LogP contribution in [0.15, 0.2) is 0 Å². The fourth-order valence-electron chi connectivity index (χ4n) is 2.65. The van der Waals surface area contributed by atoms with E-state index >= 15 is 0 Å². The molecule has 5 nitrogen and oxygen atoms in total. The van der Waals surface area contributed by atoms with Crippen molar-refractivity contribution in [1.29, 1.82) is 0 Å². The minimum absolute atomic E-state index is 0.160. The molecular weight excluding hydrogens is 266 g/mol. The number of rotatable bonds is 4. The molecule has 1 aliphatic rings. The first-order valence-electron chi connectivity index (χ1n) is 6.72. The topological polar surface area (TPSA) is 67.2 Å². The molecular formula is C13H20ClN3O2. The monoisotopic (exact) mass is 285 g/mol. The standard InChI is InChI=1S/C13H20ClN3O2/c1-3-9-12(14)11(17(2)16-9)7-8-5-4-6-10(15-8)13(18)19/h8,10,15H,3-7H2,1-2H3,(H,18,19). The molecule has 0 spiro atoms. The van der Waals surface area contributed by atoms with E-state index in [0.29, 0.717) is 6.42 Å². The second-order valence-electron chi connectivity index (χ2n) is 5.07. The lowest BCUT2D eigenvalue weighted by Crippen LogP contribution is -2.47. The van der Waals surface area contributed by atoms with Gasteiger partial charge in [0.1, 0.15) is 6.04 Å². The smallest absolute Gasteiger partial charge is 0.320 e. The second-order valence-corrected chi connectivity index (χ2v) is 5.45. The fourth-order valence-corrected chi connectivity index (χ4v) is 3.02. The first-order chi connectivity index (χ1) is 9.02. The van der Waals surface area contributed by atoms with Crippen molar-refractivity contribution < 1.29 is 9.90 Å². The Morgan fingerprint density at radius 1 is 1.58 bits per heavy atom. The largest absolute Gasteiger partial charge is 0.480 e. The van der Waals surface area contributed by atoms with Crippen molar-refractivity contribution >= 4 is 17.6 Å². The van der Waals surface area contributed by atoms with Gasteiger partial charge < -0.3 is 10.4 Å². The van der Waals surface area contributed by atoms with Crippen LogP contribution in [0, 0.1) is 0 Å². The summed E-state index contributed by atoms with van der Waals surface area (Å²) in [6.45, 7) is 2.03. The molecule has 0 bridgehead atoms. The van der Waals surface area contributed by atoms with Crippen LogP contribution in [0.25, 0.3) is 0 Å². The number of halogens is 1. The van der Waals surface area contributed by atoms with Crippen LogP contribution >= 0.6 is 11.6 Å². The van der Waals surface area contributed by atoms with Gasteiger partial charge in [-0.2, -0.15) is 5.10 Å². The minimum Gasteiger partial charge on any atom is -0.480 e. The molecule has 6 heteroatoms. The summed E-state index contributed by atoms with van der Waals surface area (Å²) < 4.78 is 1.81. The number of piperidine rings is 1. The van der Waals surface area contributed by atoms with Crippen molar-refractivity contribution in [3.8, 4) is 0 Å². The number of carboxylic acids is 1. The van der Waals surface area contributed by atoms with Gasteiger partial charge in [-0.3, -0.25) is 9.48 Å². The Morgan fingerprint density at radius 3 is 2.89 bits per heavy atom. The molecule has 0 radical (unpaired) electrons. The molecule has 0 amide bonds. The van der Waals surface area contributed by atoms with Crippen LogP contribution in [0.4, 0.5) is 0 Å². The predicted octanol–water partition coefficient (Wildman–Crippen LogP) is 1.77. The third-order valence-corrected chi connectivity index (χ3v) is 4.16. The normalized spacial score (nSPS) is 23.5. The SMILES string of the molecule is CCc1nn(C)c(CC2CCCC(C(=O)O)N2)c1Cl. The van der Waals surface area contributed by atoms with Gasteiger partial charge in [0, 0.05) is 19.5 Å². The van der Waals surface area contributed by atoms with Gasteiger partial charge in [-0.1, -0.05) is 18.5 Å². The van der Waals surface area contributed by atoms with Crippen LogP contribution < -0.4 is 5.32 Å². The molecule has 19 heavy (non-hydrogen) atoms. The van der Waals surface area contributed by atoms with Gasteiger partial charge in [0.15, 0.2) is 0 Å². The third kappa shape index (κ3) is 3.09. The summed E-state index contributed by atoms with van der Waals surface area (Å²) in [7, 11) is 1.89. The molecule has 2 rings (SSSR count). The molecule has 0 saturated carbocycles. The lowest BCUT2D eigenvalue weighted by atomic mass is 9.95. The molecule has 0 aromatic carbocycles. The Bertz CT molecular complexity index is 473. The number of aromatic nitrogens is 2. The summed E-state index contributed by atoms with van der Waals surface area (Å²) in [4.78, 5) is 11.0. The minimum atomic E-state index is -0.768.